The van der Waals surface area contributed by atoms with Gasteiger partial charge in [-0.25, -0.2) is 0 Å². The lowest BCUT2D eigenvalue weighted by Gasteiger charge is -2.23. The predicted octanol–water partition coefficient (Wildman–Crippen LogP) is 1.40. The van der Waals surface area contributed by atoms with Gasteiger partial charge in [0, 0.05) is 39.6 Å². The zero-order valence-electron chi connectivity index (χ0n) is 12.9. The molecule has 0 aromatic heterocycles. The highest BCUT2D eigenvalue weighted by Crippen LogP contribution is 2.21. The molecule has 0 aliphatic carbocycles. The maximum Gasteiger partial charge on any atom is 0.256 e. The molecule has 118 valence electrons. The summed E-state index contributed by atoms with van der Waals surface area (Å²) in [5.41, 5.74) is 6.79. The van der Waals surface area contributed by atoms with Gasteiger partial charge in [0.15, 0.2) is 0 Å². The second kappa shape index (κ2) is 9.20. The zero-order valence-corrected chi connectivity index (χ0v) is 12.9. The number of carbonyl (C=O) groups is 1. The second-order valence-corrected chi connectivity index (χ2v) is 4.58. The van der Waals surface area contributed by atoms with Gasteiger partial charge in [-0.15, -0.1) is 0 Å². The van der Waals surface area contributed by atoms with Crippen LogP contribution in [0.3, 0.4) is 0 Å². The Balaban J connectivity index is 2.87. The minimum absolute atomic E-state index is 0.125. The third-order valence-corrected chi connectivity index (χ3v) is 3.12. The molecule has 0 unspecified atom stereocenters. The third-order valence-electron chi connectivity index (χ3n) is 3.12. The van der Waals surface area contributed by atoms with E-state index in [-0.39, 0.29) is 5.91 Å². The highest BCUT2D eigenvalue weighted by Gasteiger charge is 2.18. The summed E-state index contributed by atoms with van der Waals surface area (Å²) in [7, 11) is 4.81. The molecule has 0 saturated heterocycles. The number of hydrogen-bond acceptors (Lipinski definition) is 5. The summed E-state index contributed by atoms with van der Waals surface area (Å²) in [4.78, 5) is 14.3. The monoisotopic (exact) mass is 296 g/mol. The minimum atomic E-state index is -0.125. The van der Waals surface area contributed by atoms with Crippen molar-refractivity contribution in [2.45, 2.75) is 6.42 Å². The average Bonchev–Trinajstić information content (AvgIpc) is 2.50. The van der Waals surface area contributed by atoms with E-state index in [1.54, 1.807) is 44.4 Å². The van der Waals surface area contributed by atoms with Crippen molar-refractivity contribution in [3.05, 3.63) is 23.8 Å². The molecule has 0 aliphatic heterocycles. The van der Waals surface area contributed by atoms with E-state index in [9.17, 15) is 4.79 Å². The van der Waals surface area contributed by atoms with Crippen molar-refractivity contribution < 1.29 is 19.0 Å². The van der Waals surface area contributed by atoms with Gasteiger partial charge in [0.05, 0.1) is 19.3 Å². The molecule has 0 atom stereocenters. The van der Waals surface area contributed by atoms with Gasteiger partial charge in [-0.3, -0.25) is 4.79 Å². The Morgan fingerprint density at radius 2 is 1.86 bits per heavy atom. The van der Waals surface area contributed by atoms with Gasteiger partial charge < -0.3 is 24.8 Å². The molecule has 0 spiro atoms. The van der Waals surface area contributed by atoms with E-state index < -0.39 is 0 Å². The fraction of sp³-hybridized carbons (Fsp3) is 0.533. The molecule has 1 aromatic rings. The Morgan fingerprint density at radius 1 is 1.14 bits per heavy atom. The Labute approximate surface area is 125 Å². The Morgan fingerprint density at radius 3 is 2.48 bits per heavy atom. The van der Waals surface area contributed by atoms with Crippen molar-refractivity contribution in [1.82, 2.24) is 4.90 Å². The molecular weight excluding hydrogens is 272 g/mol. The normalized spacial score (nSPS) is 10.4. The SMILES string of the molecule is COCCCN(CCOC)C(=O)c1cc(OC)ccc1N. The number of hydrogen-bond donors (Lipinski definition) is 1. The van der Waals surface area contributed by atoms with Gasteiger partial charge >= 0.3 is 0 Å². The van der Waals surface area contributed by atoms with Crippen molar-refractivity contribution in [3.63, 3.8) is 0 Å². The molecule has 21 heavy (non-hydrogen) atoms. The molecule has 0 fully saturated rings. The molecule has 0 heterocycles. The van der Waals surface area contributed by atoms with Crippen molar-refractivity contribution in [3.8, 4) is 5.75 Å². The average molecular weight is 296 g/mol. The van der Waals surface area contributed by atoms with Crippen LogP contribution in [0.4, 0.5) is 5.69 Å². The molecule has 1 amide bonds. The van der Waals surface area contributed by atoms with Gasteiger partial charge in [0.25, 0.3) is 5.91 Å². The lowest BCUT2D eigenvalue weighted by molar-refractivity contribution is 0.0675. The second-order valence-electron chi connectivity index (χ2n) is 4.58. The van der Waals surface area contributed by atoms with Gasteiger partial charge in [-0.1, -0.05) is 0 Å². The van der Waals surface area contributed by atoms with E-state index >= 15 is 0 Å². The van der Waals surface area contributed by atoms with E-state index in [1.165, 1.54) is 0 Å². The third kappa shape index (κ3) is 5.24. The maximum atomic E-state index is 12.6. The van der Waals surface area contributed by atoms with Gasteiger partial charge in [0.2, 0.25) is 0 Å². The Kier molecular flexibility index (Phi) is 7.56. The predicted molar refractivity (Wildman–Crippen MR) is 81.7 cm³/mol. The Hall–Kier alpha value is -1.79. The summed E-state index contributed by atoms with van der Waals surface area (Å²) in [6.45, 7) is 2.18. The number of nitrogens with two attached hydrogens (primary N) is 1. The van der Waals surface area contributed by atoms with Crippen molar-refractivity contribution in [1.29, 1.82) is 0 Å². The van der Waals surface area contributed by atoms with Crippen LogP contribution in [0.2, 0.25) is 0 Å². The first-order valence-electron chi connectivity index (χ1n) is 6.84. The summed E-state index contributed by atoms with van der Waals surface area (Å²) in [5, 5.41) is 0. The fourth-order valence-electron chi connectivity index (χ4n) is 1.93. The number of carbonyl (C=O) groups excluding carboxylic acids is 1. The summed E-state index contributed by atoms with van der Waals surface area (Å²) >= 11 is 0. The smallest absolute Gasteiger partial charge is 0.256 e. The first-order chi connectivity index (χ1) is 10.1. The first-order valence-corrected chi connectivity index (χ1v) is 6.84. The van der Waals surface area contributed by atoms with Crippen LogP contribution in [0.5, 0.6) is 5.75 Å². The van der Waals surface area contributed by atoms with Crippen LogP contribution in [0.1, 0.15) is 16.8 Å². The van der Waals surface area contributed by atoms with Crippen molar-refractivity contribution in [2.75, 3.05) is 53.4 Å². The lowest BCUT2D eigenvalue weighted by Crippen LogP contribution is -2.35. The molecule has 6 nitrogen and oxygen atoms in total. The van der Waals surface area contributed by atoms with Crippen molar-refractivity contribution in [2.24, 2.45) is 0 Å². The van der Waals surface area contributed by atoms with Crippen LogP contribution in [-0.4, -0.2) is 58.4 Å². The molecule has 1 rings (SSSR count). The summed E-state index contributed by atoms with van der Waals surface area (Å²) in [6.07, 6.45) is 0.760. The topological polar surface area (TPSA) is 74.0 Å². The number of rotatable bonds is 9. The van der Waals surface area contributed by atoms with Crippen molar-refractivity contribution >= 4 is 11.6 Å². The maximum absolute atomic E-state index is 12.6. The number of nitrogens with zero attached hydrogens (tertiary/aromatic N) is 1. The number of methoxy groups -OCH3 is 3. The lowest BCUT2D eigenvalue weighted by atomic mass is 10.1. The van der Waals surface area contributed by atoms with E-state index in [1.807, 2.05) is 0 Å². The van der Waals surface area contributed by atoms with E-state index in [4.69, 9.17) is 19.9 Å². The standard InChI is InChI=1S/C15H24N2O4/c1-19-9-4-7-17(8-10-20-2)15(18)13-11-12(21-3)5-6-14(13)16/h5-6,11H,4,7-10,16H2,1-3H3. The van der Waals surface area contributed by atoms with E-state index in [0.29, 0.717) is 43.3 Å². The molecule has 1 aromatic carbocycles. The van der Waals surface area contributed by atoms with Crippen LogP contribution < -0.4 is 10.5 Å². The molecule has 2 N–H and O–H groups in total. The summed E-state index contributed by atoms with van der Waals surface area (Å²) in [5.74, 6) is 0.482. The largest absolute Gasteiger partial charge is 0.497 e. The molecular formula is C15H24N2O4. The first kappa shape index (κ1) is 17.3. The minimum Gasteiger partial charge on any atom is -0.497 e. The highest BCUT2D eigenvalue weighted by atomic mass is 16.5. The number of ether oxygens (including phenoxy) is 3. The van der Waals surface area contributed by atoms with Crippen LogP contribution >= 0.6 is 0 Å². The summed E-state index contributed by atoms with van der Waals surface area (Å²) < 4.78 is 15.2. The van der Waals surface area contributed by atoms with Crippen LogP contribution in [0, 0.1) is 0 Å². The molecule has 0 bridgehead atoms. The Bertz CT molecular complexity index is 451. The number of anilines is 1. The van der Waals surface area contributed by atoms with Crippen LogP contribution in [0.25, 0.3) is 0 Å². The zero-order chi connectivity index (χ0) is 15.7. The number of nitrogen functional groups attached to an aromatic ring is 1. The van der Waals surface area contributed by atoms with Gasteiger partial charge in [-0.2, -0.15) is 0 Å². The molecule has 0 saturated carbocycles. The highest BCUT2D eigenvalue weighted by molar-refractivity contribution is 5.99. The molecule has 6 heteroatoms. The fourth-order valence-corrected chi connectivity index (χ4v) is 1.93. The molecule has 0 radical (unpaired) electrons. The molecule has 0 aliphatic rings. The quantitative estimate of drug-likeness (QED) is 0.551. The summed E-state index contributed by atoms with van der Waals surface area (Å²) in [6, 6.07) is 5.07. The van der Waals surface area contributed by atoms with Crippen LogP contribution in [-0.2, 0) is 9.47 Å². The number of benzene rings is 1. The van der Waals surface area contributed by atoms with Gasteiger partial charge in [0.1, 0.15) is 5.75 Å². The van der Waals surface area contributed by atoms with Crippen LogP contribution in [0.15, 0.2) is 18.2 Å². The van der Waals surface area contributed by atoms with E-state index in [0.717, 1.165) is 6.42 Å². The van der Waals surface area contributed by atoms with Gasteiger partial charge in [-0.05, 0) is 24.6 Å². The van der Waals surface area contributed by atoms with E-state index in [2.05, 4.69) is 0 Å². The number of amides is 1.